The van der Waals surface area contributed by atoms with Crippen LogP contribution in [-0.2, 0) is 9.53 Å². The van der Waals surface area contributed by atoms with Crippen LogP contribution in [0.25, 0.3) is 0 Å². The Bertz CT molecular complexity index is 170. The molecule has 1 N–H and O–H groups in total. The summed E-state index contributed by atoms with van der Waals surface area (Å²) in [5.41, 5.74) is -0.425. The summed E-state index contributed by atoms with van der Waals surface area (Å²) in [5.74, 6) is -0.158. The molecular weight excluding hydrogens is 180 g/mol. The van der Waals surface area contributed by atoms with Gasteiger partial charge < -0.3 is 9.84 Å². The van der Waals surface area contributed by atoms with Crippen molar-refractivity contribution in [2.24, 2.45) is 5.41 Å². The van der Waals surface area contributed by atoms with Gasteiger partial charge in [-0.25, -0.2) is 0 Å². The van der Waals surface area contributed by atoms with E-state index < -0.39 is 5.41 Å². The standard InChI is InChI=1S/C11H22O3/c1-9(7-5-6-8-12)14-10(13)11(2,3)4/h9,12H,5-8H2,1-4H3. The lowest BCUT2D eigenvalue weighted by molar-refractivity contribution is -0.158. The lowest BCUT2D eigenvalue weighted by Crippen LogP contribution is -2.26. The summed E-state index contributed by atoms with van der Waals surface area (Å²) in [6.45, 7) is 7.63. The molecule has 14 heavy (non-hydrogen) atoms. The van der Waals surface area contributed by atoms with E-state index in [1.165, 1.54) is 0 Å². The topological polar surface area (TPSA) is 46.5 Å². The van der Waals surface area contributed by atoms with Gasteiger partial charge in [0.15, 0.2) is 0 Å². The first kappa shape index (κ1) is 13.4. The third-order valence-corrected chi connectivity index (χ3v) is 1.94. The molecule has 0 heterocycles. The zero-order valence-electron chi connectivity index (χ0n) is 9.67. The zero-order valence-corrected chi connectivity index (χ0v) is 9.67. The van der Waals surface area contributed by atoms with Crippen LogP contribution in [0, 0.1) is 5.41 Å². The van der Waals surface area contributed by atoms with Crippen molar-refractivity contribution in [2.45, 2.75) is 53.1 Å². The highest BCUT2D eigenvalue weighted by Crippen LogP contribution is 2.17. The highest BCUT2D eigenvalue weighted by atomic mass is 16.5. The van der Waals surface area contributed by atoms with E-state index in [1.54, 1.807) is 0 Å². The van der Waals surface area contributed by atoms with Gasteiger partial charge in [0, 0.05) is 6.61 Å². The maximum atomic E-state index is 11.4. The normalized spacial score (nSPS) is 13.8. The van der Waals surface area contributed by atoms with Crippen LogP contribution in [0.5, 0.6) is 0 Å². The van der Waals surface area contributed by atoms with E-state index in [0.717, 1.165) is 19.3 Å². The summed E-state index contributed by atoms with van der Waals surface area (Å²) in [6, 6.07) is 0. The van der Waals surface area contributed by atoms with E-state index in [-0.39, 0.29) is 18.7 Å². The van der Waals surface area contributed by atoms with Gasteiger partial charge >= 0.3 is 5.97 Å². The van der Waals surface area contributed by atoms with Crippen molar-refractivity contribution < 1.29 is 14.6 Å². The van der Waals surface area contributed by atoms with E-state index in [0.29, 0.717) is 0 Å². The third-order valence-electron chi connectivity index (χ3n) is 1.94. The predicted octanol–water partition coefficient (Wildman–Crippen LogP) is 2.13. The number of hydrogen-bond acceptors (Lipinski definition) is 3. The molecule has 0 bridgehead atoms. The van der Waals surface area contributed by atoms with Crippen molar-refractivity contribution in [1.29, 1.82) is 0 Å². The molecular formula is C11H22O3. The molecule has 0 fully saturated rings. The highest BCUT2D eigenvalue weighted by molar-refractivity contribution is 5.75. The molecule has 1 unspecified atom stereocenters. The van der Waals surface area contributed by atoms with Gasteiger partial charge in [-0.15, -0.1) is 0 Å². The Hall–Kier alpha value is -0.570. The third kappa shape index (κ3) is 5.97. The molecule has 3 heteroatoms. The Morgan fingerprint density at radius 2 is 1.93 bits per heavy atom. The van der Waals surface area contributed by atoms with Gasteiger partial charge in [-0.2, -0.15) is 0 Å². The average Bonchev–Trinajstić information content (AvgIpc) is 2.03. The van der Waals surface area contributed by atoms with Gasteiger partial charge in [0.25, 0.3) is 0 Å². The average molecular weight is 202 g/mol. The molecule has 0 aliphatic carbocycles. The molecule has 0 rings (SSSR count). The molecule has 0 aliphatic rings. The summed E-state index contributed by atoms with van der Waals surface area (Å²) in [6.07, 6.45) is 2.45. The van der Waals surface area contributed by atoms with Crippen molar-refractivity contribution in [2.75, 3.05) is 6.61 Å². The maximum absolute atomic E-state index is 11.4. The van der Waals surface area contributed by atoms with Crippen LogP contribution in [0.4, 0.5) is 0 Å². The second-order valence-corrected chi connectivity index (χ2v) is 4.69. The summed E-state index contributed by atoms with van der Waals surface area (Å²) in [5, 5.41) is 8.58. The van der Waals surface area contributed by atoms with Crippen molar-refractivity contribution in [3.63, 3.8) is 0 Å². The van der Waals surface area contributed by atoms with Crippen LogP contribution >= 0.6 is 0 Å². The SMILES string of the molecule is CC(CCCCO)OC(=O)C(C)(C)C. The lowest BCUT2D eigenvalue weighted by Gasteiger charge is -2.20. The minimum absolute atomic E-state index is 0.0479. The summed E-state index contributed by atoms with van der Waals surface area (Å²) >= 11 is 0. The molecule has 0 aromatic rings. The minimum Gasteiger partial charge on any atom is -0.462 e. The fraction of sp³-hybridized carbons (Fsp3) is 0.909. The number of aliphatic hydroxyl groups is 1. The number of carbonyl (C=O) groups is 1. The Morgan fingerprint density at radius 1 is 1.36 bits per heavy atom. The smallest absolute Gasteiger partial charge is 0.311 e. The van der Waals surface area contributed by atoms with Crippen LogP contribution < -0.4 is 0 Å². The van der Waals surface area contributed by atoms with E-state index in [4.69, 9.17) is 9.84 Å². The molecule has 0 radical (unpaired) electrons. The fourth-order valence-corrected chi connectivity index (χ4v) is 0.962. The largest absolute Gasteiger partial charge is 0.462 e. The molecule has 0 spiro atoms. The predicted molar refractivity (Wildman–Crippen MR) is 55.9 cm³/mol. The van der Waals surface area contributed by atoms with Crippen molar-refractivity contribution >= 4 is 5.97 Å². The molecule has 84 valence electrons. The van der Waals surface area contributed by atoms with E-state index in [1.807, 2.05) is 27.7 Å². The Labute approximate surface area is 86.5 Å². The molecule has 3 nitrogen and oxygen atoms in total. The molecule has 0 amide bonds. The molecule has 1 atom stereocenters. The van der Waals surface area contributed by atoms with Gasteiger partial charge in [0.1, 0.15) is 0 Å². The Balaban J connectivity index is 3.72. The summed E-state index contributed by atoms with van der Waals surface area (Å²) < 4.78 is 5.24. The summed E-state index contributed by atoms with van der Waals surface area (Å²) in [7, 11) is 0. The highest BCUT2D eigenvalue weighted by Gasteiger charge is 2.24. The van der Waals surface area contributed by atoms with Crippen molar-refractivity contribution in [3.05, 3.63) is 0 Å². The first-order valence-electron chi connectivity index (χ1n) is 5.20. The summed E-state index contributed by atoms with van der Waals surface area (Å²) in [4.78, 5) is 11.4. The van der Waals surface area contributed by atoms with Gasteiger partial charge in [-0.3, -0.25) is 4.79 Å². The van der Waals surface area contributed by atoms with Crippen LogP contribution in [0.2, 0.25) is 0 Å². The van der Waals surface area contributed by atoms with Crippen LogP contribution in [0.3, 0.4) is 0 Å². The fourth-order valence-electron chi connectivity index (χ4n) is 0.962. The monoisotopic (exact) mass is 202 g/mol. The number of esters is 1. The number of unbranched alkanes of at least 4 members (excludes halogenated alkanes) is 1. The van der Waals surface area contributed by atoms with Gasteiger partial charge in [0.2, 0.25) is 0 Å². The number of carbonyl (C=O) groups excluding carboxylic acids is 1. The van der Waals surface area contributed by atoms with Gasteiger partial charge in [-0.1, -0.05) is 0 Å². The van der Waals surface area contributed by atoms with Crippen LogP contribution in [0.1, 0.15) is 47.0 Å². The maximum Gasteiger partial charge on any atom is 0.311 e. The van der Waals surface area contributed by atoms with Crippen molar-refractivity contribution in [3.8, 4) is 0 Å². The second-order valence-electron chi connectivity index (χ2n) is 4.69. The molecule has 0 aliphatic heterocycles. The second kappa shape index (κ2) is 6.02. The zero-order chi connectivity index (χ0) is 11.2. The number of rotatable bonds is 5. The van der Waals surface area contributed by atoms with E-state index >= 15 is 0 Å². The number of aliphatic hydroxyl groups excluding tert-OH is 1. The molecule has 0 aromatic heterocycles. The Kier molecular flexibility index (Phi) is 5.77. The van der Waals surface area contributed by atoms with Crippen molar-refractivity contribution in [1.82, 2.24) is 0 Å². The quantitative estimate of drug-likeness (QED) is 0.548. The molecule has 0 saturated carbocycles. The molecule has 0 aromatic carbocycles. The van der Waals surface area contributed by atoms with E-state index in [2.05, 4.69) is 0 Å². The molecule has 0 saturated heterocycles. The van der Waals surface area contributed by atoms with Crippen LogP contribution in [-0.4, -0.2) is 23.8 Å². The van der Waals surface area contributed by atoms with Gasteiger partial charge in [-0.05, 0) is 47.0 Å². The number of hydrogen-bond donors (Lipinski definition) is 1. The van der Waals surface area contributed by atoms with Crippen LogP contribution in [0.15, 0.2) is 0 Å². The van der Waals surface area contributed by atoms with E-state index in [9.17, 15) is 4.79 Å². The minimum atomic E-state index is -0.425. The lowest BCUT2D eigenvalue weighted by atomic mass is 9.97. The number of ether oxygens (including phenoxy) is 1. The van der Waals surface area contributed by atoms with Gasteiger partial charge in [0.05, 0.1) is 11.5 Å². The first-order valence-corrected chi connectivity index (χ1v) is 5.20. The Morgan fingerprint density at radius 3 is 2.36 bits per heavy atom. The first-order chi connectivity index (χ1) is 6.38.